The van der Waals surface area contributed by atoms with Gasteiger partial charge in [-0.25, -0.2) is 0 Å². The van der Waals surface area contributed by atoms with Crippen molar-refractivity contribution in [1.82, 2.24) is 4.98 Å². The van der Waals surface area contributed by atoms with Gasteiger partial charge in [0.05, 0.1) is 6.04 Å². The lowest BCUT2D eigenvalue weighted by Crippen LogP contribution is -2.15. The molecule has 2 N–H and O–H groups in total. The first kappa shape index (κ1) is 12.4. The average Bonchev–Trinajstić information content (AvgIpc) is 2.37. The van der Waals surface area contributed by atoms with Gasteiger partial charge in [0.25, 0.3) is 0 Å². The van der Waals surface area contributed by atoms with E-state index >= 15 is 0 Å². The molecule has 19 heavy (non-hydrogen) atoms. The van der Waals surface area contributed by atoms with Crippen LogP contribution in [0, 0.1) is 6.92 Å². The van der Waals surface area contributed by atoms with Crippen molar-refractivity contribution in [3.63, 3.8) is 0 Å². The second-order valence-corrected chi connectivity index (χ2v) is 5.45. The second-order valence-electron chi connectivity index (χ2n) is 5.45. The minimum atomic E-state index is -0.0753. The van der Waals surface area contributed by atoms with Crippen LogP contribution >= 0.6 is 0 Å². The summed E-state index contributed by atoms with van der Waals surface area (Å²) in [6.07, 6.45) is 5.83. The average molecular weight is 252 g/mol. The van der Waals surface area contributed by atoms with E-state index in [2.05, 4.69) is 35.3 Å². The standard InChI is InChI=1S/C17H20N2/c1-12-16(9-4-10-19-12)17(18)15-8-3-7-14(11-15)13-5-2-6-13/h3-4,7-11,13,17H,2,5-6,18H2,1H3. The third-order valence-corrected chi connectivity index (χ3v) is 4.23. The molecule has 1 unspecified atom stereocenters. The highest BCUT2D eigenvalue weighted by molar-refractivity contribution is 5.36. The first-order valence-corrected chi connectivity index (χ1v) is 7.02. The molecule has 1 aromatic heterocycles. The predicted octanol–water partition coefficient (Wildman–Crippen LogP) is 3.71. The number of hydrogen-bond donors (Lipinski definition) is 1. The van der Waals surface area contributed by atoms with Crippen molar-refractivity contribution < 1.29 is 0 Å². The van der Waals surface area contributed by atoms with Crippen molar-refractivity contribution in [3.05, 3.63) is 65.0 Å². The van der Waals surface area contributed by atoms with Gasteiger partial charge in [-0.1, -0.05) is 36.8 Å². The minimum absolute atomic E-state index is 0.0753. The first-order chi connectivity index (χ1) is 9.25. The summed E-state index contributed by atoms with van der Waals surface area (Å²) in [6, 6.07) is 12.7. The van der Waals surface area contributed by atoms with E-state index in [9.17, 15) is 0 Å². The largest absolute Gasteiger partial charge is 0.320 e. The highest BCUT2D eigenvalue weighted by atomic mass is 14.7. The van der Waals surface area contributed by atoms with E-state index < -0.39 is 0 Å². The zero-order chi connectivity index (χ0) is 13.2. The second kappa shape index (κ2) is 5.14. The zero-order valence-corrected chi connectivity index (χ0v) is 11.3. The molecule has 0 aliphatic heterocycles. The SMILES string of the molecule is Cc1ncccc1C(N)c1cccc(C2CCC2)c1. The minimum Gasteiger partial charge on any atom is -0.320 e. The van der Waals surface area contributed by atoms with Gasteiger partial charge in [0.15, 0.2) is 0 Å². The van der Waals surface area contributed by atoms with Crippen molar-refractivity contribution >= 4 is 0 Å². The van der Waals surface area contributed by atoms with E-state index in [-0.39, 0.29) is 6.04 Å². The number of nitrogens with zero attached hydrogens (tertiary/aromatic N) is 1. The Bertz CT molecular complexity index is 573. The molecule has 1 fully saturated rings. The first-order valence-electron chi connectivity index (χ1n) is 7.02. The Labute approximate surface area is 114 Å². The van der Waals surface area contributed by atoms with Gasteiger partial charge >= 0.3 is 0 Å². The van der Waals surface area contributed by atoms with Crippen LogP contribution in [0.15, 0.2) is 42.6 Å². The fourth-order valence-corrected chi connectivity index (χ4v) is 2.75. The third-order valence-electron chi connectivity index (χ3n) is 4.23. The zero-order valence-electron chi connectivity index (χ0n) is 11.3. The maximum Gasteiger partial charge on any atom is 0.0569 e. The van der Waals surface area contributed by atoms with E-state index in [4.69, 9.17) is 5.73 Å². The van der Waals surface area contributed by atoms with Crippen LogP contribution in [-0.2, 0) is 0 Å². The quantitative estimate of drug-likeness (QED) is 0.904. The van der Waals surface area contributed by atoms with E-state index in [0.29, 0.717) is 0 Å². The molecule has 2 nitrogen and oxygen atoms in total. The van der Waals surface area contributed by atoms with Gasteiger partial charge in [-0.05, 0) is 48.4 Å². The molecule has 1 heterocycles. The summed E-state index contributed by atoms with van der Waals surface area (Å²) >= 11 is 0. The van der Waals surface area contributed by atoms with E-state index in [1.807, 2.05) is 19.2 Å². The summed E-state index contributed by atoms with van der Waals surface area (Å²) in [5.41, 5.74) is 11.2. The van der Waals surface area contributed by atoms with Gasteiger partial charge in [-0.15, -0.1) is 0 Å². The molecule has 0 radical (unpaired) electrons. The van der Waals surface area contributed by atoms with Crippen molar-refractivity contribution in [2.24, 2.45) is 5.73 Å². The summed E-state index contributed by atoms with van der Waals surface area (Å²) in [5.74, 6) is 0.752. The lowest BCUT2D eigenvalue weighted by molar-refractivity contribution is 0.419. The Kier molecular flexibility index (Phi) is 3.34. The molecule has 1 aromatic carbocycles. The van der Waals surface area contributed by atoms with Crippen molar-refractivity contribution in [2.45, 2.75) is 38.1 Å². The van der Waals surface area contributed by atoms with E-state index in [0.717, 1.165) is 17.2 Å². The molecule has 0 amide bonds. The van der Waals surface area contributed by atoms with Crippen molar-refractivity contribution in [2.75, 3.05) is 0 Å². The molecule has 3 rings (SSSR count). The highest BCUT2D eigenvalue weighted by Crippen LogP contribution is 2.37. The van der Waals surface area contributed by atoms with E-state index in [1.54, 1.807) is 0 Å². The van der Waals surface area contributed by atoms with Crippen LogP contribution in [-0.4, -0.2) is 4.98 Å². The van der Waals surface area contributed by atoms with Crippen LogP contribution in [0.5, 0.6) is 0 Å². The van der Waals surface area contributed by atoms with Gasteiger partial charge in [0.2, 0.25) is 0 Å². The Morgan fingerprint density at radius 2 is 2.05 bits per heavy atom. The van der Waals surface area contributed by atoms with Crippen LogP contribution < -0.4 is 5.73 Å². The summed E-state index contributed by atoms with van der Waals surface area (Å²) in [7, 11) is 0. The number of hydrogen-bond acceptors (Lipinski definition) is 2. The Morgan fingerprint density at radius 3 is 2.74 bits per heavy atom. The van der Waals surface area contributed by atoms with Crippen molar-refractivity contribution in [1.29, 1.82) is 0 Å². The highest BCUT2D eigenvalue weighted by Gasteiger charge is 2.20. The predicted molar refractivity (Wildman–Crippen MR) is 78.0 cm³/mol. The normalized spacial score (nSPS) is 16.9. The fraction of sp³-hybridized carbons (Fsp3) is 0.353. The van der Waals surface area contributed by atoms with E-state index in [1.165, 1.54) is 30.4 Å². The number of aryl methyl sites for hydroxylation is 1. The topological polar surface area (TPSA) is 38.9 Å². The van der Waals surface area contributed by atoms with Crippen LogP contribution in [0.4, 0.5) is 0 Å². The summed E-state index contributed by atoms with van der Waals surface area (Å²) in [4.78, 5) is 4.33. The maximum absolute atomic E-state index is 6.41. The summed E-state index contributed by atoms with van der Waals surface area (Å²) in [5, 5.41) is 0. The molecule has 0 saturated heterocycles. The van der Waals surface area contributed by atoms with Crippen LogP contribution in [0.25, 0.3) is 0 Å². The third kappa shape index (κ3) is 2.41. The van der Waals surface area contributed by atoms with Crippen LogP contribution in [0.2, 0.25) is 0 Å². The van der Waals surface area contributed by atoms with Gasteiger partial charge in [0, 0.05) is 11.9 Å². The molecular formula is C17H20N2. The van der Waals surface area contributed by atoms with Crippen LogP contribution in [0.1, 0.15) is 53.6 Å². The Hall–Kier alpha value is -1.67. The molecular weight excluding hydrogens is 232 g/mol. The van der Waals surface area contributed by atoms with Crippen molar-refractivity contribution in [3.8, 4) is 0 Å². The Morgan fingerprint density at radius 1 is 1.21 bits per heavy atom. The molecule has 1 aliphatic rings. The summed E-state index contributed by atoms with van der Waals surface area (Å²) in [6.45, 7) is 2.02. The smallest absolute Gasteiger partial charge is 0.0569 e. The molecule has 2 heteroatoms. The summed E-state index contributed by atoms with van der Waals surface area (Å²) < 4.78 is 0. The molecule has 1 saturated carbocycles. The lowest BCUT2D eigenvalue weighted by Gasteiger charge is -2.26. The number of rotatable bonds is 3. The molecule has 1 aliphatic carbocycles. The number of pyridine rings is 1. The molecule has 0 bridgehead atoms. The fourth-order valence-electron chi connectivity index (χ4n) is 2.75. The number of benzene rings is 1. The molecule has 0 spiro atoms. The van der Waals surface area contributed by atoms with Gasteiger partial charge in [-0.2, -0.15) is 0 Å². The molecule has 98 valence electrons. The van der Waals surface area contributed by atoms with Crippen LogP contribution in [0.3, 0.4) is 0 Å². The number of aromatic nitrogens is 1. The molecule has 1 atom stereocenters. The van der Waals surface area contributed by atoms with Gasteiger partial charge in [0.1, 0.15) is 0 Å². The monoisotopic (exact) mass is 252 g/mol. The Balaban J connectivity index is 1.91. The maximum atomic E-state index is 6.41. The molecule has 2 aromatic rings. The van der Waals surface area contributed by atoms with Gasteiger partial charge in [-0.3, -0.25) is 4.98 Å². The van der Waals surface area contributed by atoms with Gasteiger partial charge < -0.3 is 5.73 Å². The number of nitrogens with two attached hydrogens (primary N) is 1. The lowest BCUT2D eigenvalue weighted by atomic mass is 9.79.